The van der Waals surface area contributed by atoms with Gasteiger partial charge in [0.25, 0.3) is 0 Å². The van der Waals surface area contributed by atoms with Gasteiger partial charge in [0.1, 0.15) is 0 Å². The molecule has 4 aliphatic carbocycles. The predicted octanol–water partition coefficient (Wildman–Crippen LogP) is 5.63. The largest absolute Gasteiger partial charge is 0.447 e. The van der Waals surface area contributed by atoms with E-state index in [0.717, 1.165) is 36.8 Å². The Kier molecular flexibility index (Phi) is 5.90. The van der Waals surface area contributed by atoms with Crippen LogP contribution in [0.3, 0.4) is 0 Å². The average molecular weight is 477 g/mol. The van der Waals surface area contributed by atoms with Gasteiger partial charge in [0.05, 0.1) is 12.2 Å². The summed E-state index contributed by atoms with van der Waals surface area (Å²) in [5.74, 6) is 0.749. The summed E-state index contributed by atoms with van der Waals surface area (Å²) in [5.41, 5.74) is 1.07. The lowest BCUT2D eigenvalue weighted by molar-refractivity contribution is -0.158. The smallest absolute Gasteiger partial charge is 0.339 e. The number of rotatable bonds is 5. The van der Waals surface area contributed by atoms with Gasteiger partial charge in [-0.25, -0.2) is 4.79 Å². The van der Waals surface area contributed by atoms with E-state index in [2.05, 4.69) is 26.0 Å². The molecule has 5 heteroatoms. The van der Waals surface area contributed by atoms with E-state index in [4.69, 9.17) is 9.47 Å². The van der Waals surface area contributed by atoms with Crippen molar-refractivity contribution in [3.63, 3.8) is 0 Å². The highest BCUT2D eigenvalue weighted by Gasteiger charge is 2.67. The van der Waals surface area contributed by atoms with E-state index in [1.54, 1.807) is 26.2 Å². The van der Waals surface area contributed by atoms with Crippen molar-refractivity contribution >= 4 is 17.5 Å². The average Bonchev–Trinajstić information content (AvgIpc) is 3.13. The molecule has 4 aliphatic rings. The zero-order chi connectivity index (χ0) is 25.0. The molecule has 0 aromatic heterocycles. The lowest BCUT2D eigenvalue weighted by Crippen LogP contribution is -2.58. The minimum Gasteiger partial charge on any atom is -0.447 e. The second-order valence-corrected chi connectivity index (χ2v) is 11.5. The Morgan fingerprint density at radius 1 is 1.03 bits per heavy atom. The lowest BCUT2D eigenvalue weighted by atomic mass is 9.48. The van der Waals surface area contributed by atoms with Gasteiger partial charge in [0.15, 0.2) is 17.2 Å². The lowest BCUT2D eigenvalue weighted by Gasteiger charge is -2.57. The van der Waals surface area contributed by atoms with Crippen LogP contribution in [0.1, 0.15) is 75.2 Å². The number of benzene rings is 1. The fourth-order valence-electron chi connectivity index (χ4n) is 7.94. The third kappa shape index (κ3) is 3.57. The standard InChI is InChI=1S/C30H36O5/c1-19(31)30(35-27(33)21-7-5-20(6-8-21)18-34-4)16-13-26-24-10-9-22-17-23(32)11-14-28(22,2)25(24)12-15-29(26,30)3/h5-10,17,24-26H,11-16,18H2,1-4H3/t24?,25?,26?,28?,29?,30-/m0/s1. The highest BCUT2D eigenvalue weighted by Crippen LogP contribution is 2.67. The summed E-state index contributed by atoms with van der Waals surface area (Å²) in [6.07, 6.45) is 11.0. The van der Waals surface area contributed by atoms with Crippen molar-refractivity contribution in [3.05, 3.63) is 59.2 Å². The van der Waals surface area contributed by atoms with E-state index in [-0.39, 0.29) is 22.9 Å². The molecular weight excluding hydrogens is 440 g/mol. The van der Waals surface area contributed by atoms with Crippen molar-refractivity contribution in [1.82, 2.24) is 0 Å². The van der Waals surface area contributed by atoms with Gasteiger partial charge in [-0.3, -0.25) is 9.59 Å². The zero-order valence-corrected chi connectivity index (χ0v) is 21.3. The molecule has 5 rings (SSSR count). The van der Waals surface area contributed by atoms with Crippen molar-refractivity contribution in [2.45, 2.75) is 71.5 Å². The first kappa shape index (κ1) is 24.2. The fourth-order valence-corrected chi connectivity index (χ4v) is 7.94. The summed E-state index contributed by atoms with van der Waals surface area (Å²) in [6, 6.07) is 7.22. The molecule has 0 aliphatic heterocycles. The maximum absolute atomic E-state index is 13.3. The first-order valence-electron chi connectivity index (χ1n) is 12.9. The van der Waals surface area contributed by atoms with Crippen molar-refractivity contribution < 1.29 is 23.9 Å². The van der Waals surface area contributed by atoms with Gasteiger partial charge < -0.3 is 9.47 Å². The van der Waals surface area contributed by atoms with Crippen LogP contribution in [-0.2, 0) is 25.7 Å². The third-order valence-electron chi connectivity index (χ3n) is 9.97. The van der Waals surface area contributed by atoms with Gasteiger partial charge in [0.2, 0.25) is 0 Å². The van der Waals surface area contributed by atoms with Crippen LogP contribution in [0.5, 0.6) is 0 Å². The number of methoxy groups -OCH3 is 1. The maximum Gasteiger partial charge on any atom is 0.339 e. The molecule has 2 fully saturated rings. The molecule has 0 N–H and O–H groups in total. The van der Waals surface area contributed by atoms with Gasteiger partial charge in [-0.15, -0.1) is 0 Å². The molecule has 0 radical (unpaired) electrons. The molecular formula is C30H36O5. The molecule has 0 saturated heterocycles. The molecule has 0 amide bonds. The van der Waals surface area contributed by atoms with E-state index >= 15 is 0 Å². The van der Waals surface area contributed by atoms with Crippen LogP contribution in [-0.4, -0.2) is 30.2 Å². The molecule has 2 saturated carbocycles. The molecule has 5 nitrogen and oxygen atoms in total. The number of ether oxygens (including phenoxy) is 2. The zero-order valence-electron chi connectivity index (χ0n) is 21.3. The number of esters is 1. The summed E-state index contributed by atoms with van der Waals surface area (Å²) in [6.45, 7) is 6.55. The summed E-state index contributed by atoms with van der Waals surface area (Å²) >= 11 is 0. The number of allylic oxidation sites excluding steroid dienone is 4. The van der Waals surface area contributed by atoms with Crippen LogP contribution in [0.4, 0.5) is 0 Å². The first-order chi connectivity index (χ1) is 16.6. The Balaban J connectivity index is 1.45. The normalized spacial score (nSPS) is 37.7. The van der Waals surface area contributed by atoms with Crippen molar-refractivity contribution in [2.75, 3.05) is 7.11 Å². The van der Waals surface area contributed by atoms with E-state index < -0.39 is 17.0 Å². The molecule has 5 unspecified atom stereocenters. The summed E-state index contributed by atoms with van der Waals surface area (Å²) in [5, 5.41) is 0. The molecule has 0 heterocycles. The van der Waals surface area contributed by atoms with Gasteiger partial charge in [-0.1, -0.05) is 38.1 Å². The number of fused-ring (bicyclic) bond motifs is 5. The van der Waals surface area contributed by atoms with E-state index in [1.165, 1.54) is 0 Å². The minimum atomic E-state index is -1.11. The summed E-state index contributed by atoms with van der Waals surface area (Å²) < 4.78 is 11.4. The SMILES string of the molecule is COCc1ccc(C(=O)O[C@]2(C(C)=O)CCC3C4C=CC5=CC(=O)CCC5(C)C4CCC32C)cc1. The Labute approximate surface area is 207 Å². The third-order valence-corrected chi connectivity index (χ3v) is 9.97. The Hall–Kier alpha value is -2.53. The fraction of sp³-hybridized carbons (Fsp3) is 0.567. The highest BCUT2D eigenvalue weighted by molar-refractivity contribution is 5.95. The highest BCUT2D eigenvalue weighted by atomic mass is 16.6. The van der Waals surface area contributed by atoms with E-state index in [9.17, 15) is 14.4 Å². The second kappa shape index (κ2) is 8.55. The van der Waals surface area contributed by atoms with Crippen LogP contribution >= 0.6 is 0 Å². The minimum absolute atomic E-state index is 0.00322. The number of Topliss-reactive ketones (excluding diaryl/α,β-unsaturated/α-hetero) is 1. The number of ketones is 2. The second-order valence-electron chi connectivity index (χ2n) is 11.5. The van der Waals surface area contributed by atoms with Crippen LogP contribution in [0.2, 0.25) is 0 Å². The quantitative estimate of drug-likeness (QED) is 0.516. The van der Waals surface area contributed by atoms with Gasteiger partial charge in [-0.2, -0.15) is 0 Å². The van der Waals surface area contributed by atoms with Gasteiger partial charge in [-0.05, 0) is 91.5 Å². The molecule has 1 aromatic carbocycles. The van der Waals surface area contributed by atoms with Crippen LogP contribution < -0.4 is 0 Å². The van der Waals surface area contributed by atoms with Crippen LogP contribution in [0.25, 0.3) is 0 Å². The number of hydrogen-bond donors (Lipinski definition) is 0. The molecule has 1 aromatic rings. The molecule has 35 heavy (non-hydrogen) atoms. The van der Waals surface area contributed by atoms with Crippen molar-refractivity contribution in [1.29, 1.82) is 0 Å². The Morgan fingerprint density at radius 3 is 2.43 bits per heavy atom. The van der Waals surface area contributed by atoms with Crippen molar-refractivity contribution in [3.8, 4) is 0 Å². The monoisotopic (exact) mass is 476 g/mol. The molecule has 6 atom stereocenters. The van der Waals surface area contributed by atoms with Crippen LogP contribution in [0.15, 0.2) is 48.1 Å². The van der Waals surface area contributed by atoms with E-state index in [0.29, 0.717) is 36.8 Å². The van der Waals surface area contributed by atoms with Crippen LogP contribution in [0, 0.1) is 28.6 Å². The molecule has 0 bridgehead atoms. The number of hydrogen-bond acceptors (Lipinski definition) is 5. The first-order valence-corrected chi connectivity index (χ1v) is 12.9. The van der Waals surface area contributed by atoms with Gasteiger partial charge >= 0.3 is 5.97 Å². The predicted molar refractivity (Wildman–Crippen MR) is 133 cm³/mol. The maximum atomic E-state index is 13.3. The number of carbonyl (C=O) groups is 3. The van der Waals surface area contributed by atoms with Gasteiger partial charge in [0, 0.05) is 18.9 Å². The van der Waals surface area contributed by atoms with E-state index in [1.807, 2.05) is 18.2 Å². The summed E-state index contributed by atoms with van der Waals surface area (Å²) in [4.78, 5) is 38.6. The Morgan fingerprint density at radius 2 is 1.74 bits per heavy atom. The Bertz CT molecular complexity index is 1110. The number of carbonyl (C=O) groups excluding carboxylic acids is 3. The van der Waals surface area contributed by atoms with Crippen molar-refractivity contribution in [2.24, 2.45) is 28.6 Å². The molecule has 186 valence electrons. The summed E-state index contributed by atoms with van der Waals surface area (Å²) in [7, 11) is 1.64. The molecule has 0 spiro atoms. The topological polar surface area (TPSA) is 69.7 Å².